The third-order valence-corrected chi connectivity index (χ3v) is 5.43. The first kappa shape index (κ1) is 24.1. The van der Waals surface area contributed by atoms with Crippen LogP contribution >= 0.6 is 0 Å². The Kier molecular flexibility index (Phi) is 9.38. The maximum atomic E-state index is 6.16. The molecule has 0 radical (unpaired) electrons. The number of guanidine groups is 1. The van der Waals surface area contributed by atoms with E-state index in [0.29, 0.717) is 32.2 Å². The molecule has 1 atom stereocenters. The standard InChI is InChI=1S/C26H37N3O3/c1-19(2)31-17-22-7-5-6-21(13-22)14-28-26(27-4)29-15-24-9-8-20(3)12-25(24)32-18-23-10-11-30-16-23/h5-9,12-13,19,23H,10-11,14-18H2,1-4H3,(H2,27,28,29). The zero-order valence-corrected chi connectivity index (χ0v) is 19.8. The summed E-state index contributed by atoms with van der Waals surface area (Å²) < 4.78 is 17.3. The first-order valence-corrected chi connectivity index (χ1v) is 11.5. The van der Waals surface area contributed by atoms with E-state index >= 15 is 0 Å². The van der Waals surface area contributed by atoms with Crippen LogP contribution in [0.25, 0.3) is 0 Å². The van der Waals surface area contributed by atoms with Crippen LogP contribution in [0.1, 0.15) is 42.5 Å². The SMILES string of the molecule is CN=C(NCc1cccc(COC(C)C)c1)NCc1ccc(C)cc1OCC1CCOC1. The summed E-state index contributed by atoms with van der Waals surface area (Å²) in [4.78, 5) is 4.37. The van der Waals surface area contributed by atoms with Crippen molar-refractivity contribution in [3.8, 4) is 5.75 Å². The van der Waals surface area contributed by atoms with E-state index in [-0.39, 0.29) is 6.10 Å². The molecule has 1 aliphatic heterocycles. The fraction of sp³-hybridized carbons (Fsp3) is 0.500. The molecule has 0 amide bonds. The number of hydrogen-bond acceptors (Lipinski definition) is 4. The highest BCUT2D eigenvalue weighted by Gasteiger charge is 2.17. The van der Waals surface area contributed by atoms with Crippen molar-refractivity contribution in [2.75, 3.05) is 26.9 Å². The minimum Gasteiger partial charge on any atom is -0.493 e. The van der Waals surface area contributed by atoms with E-state index < -0.39 is 0 Å². The van der Waals surface area contributed by atoms with Crippen molar-refractivity contribution in [2.45, 2.75) is 53.0 Å². The summed E-state index contributed by atoms with van der Waals surface area (Å²) in [5, 5.41) is 6.80. The van der Waals surface area contributed by atoms with E-state index in [2.05, 4.69) is 78.9 Å². The minimum absolute atomic E-state index is 0.224. The molecule has 6 nitrogen and oxygen atoms in total. The van der Waals surface area contributed by atoms with Gasteiger partial charge in [-0.25, -0.2) is 0 Å². The Labute approximate surface area is 192 Å². The van der Waals surface area contributed by atoms with Crippen LogP contribution in [0.2, 0.25) is 0 Å². The van der Waals surface area contributed by atoms with Crippen molar-refractivity contribution in [3.05, 3.63) is 64.7 Å². The van der Waals surface area contributed by atoms with Gasteiger partial charge >= 0.3 is 0 Å². The summed E-state index contributed by atoms with van der Waals surface area (Å²) in [6.07, 6.45) is 1.29. The predicted octanol–water partition coefficient (Wildman–Crippen LogP) is 4.20. The van der Waals surface area contributed by atoms with Crippen molar-refractivity contribution in [2.24, 2.45) is 10.9 Å². The second-order valence-corrected chi connectivity index (χ2v) is 8.61. The Bertz CT molecular complexity index is 876. The van der Waals surface area contributed by atoms with E-state index in [9.17, 15) is 0 Å². The van der Waals surface area contributed by atoms with Gasteiger partial charge in [0.2, 0.25) is 0 Å². The molecule has 32 heavy (non-hydrogen) atoms. The van der Waals surface area contributed by atoms with Crippen LogP contribution in [-0.4, -0.2) is 38.9 Å². The molecule has 2 aromatic carbocycles. The van der Waals surface area contributed by atoms with Gasteiger partial charge in [-0.05, 0) is 49.9 Å². The Balaban J connectivity index is 1.52. The molecule has 6 heteroatoms. The van der Waals surface area contributed by atoms with Gasteiger partial charge in [-0.2, -0.15) is 0 Å². The van der Waals surface area contributed by atoms with Gasteiger partial charge in [0.15, 0.2) is 5.96 Å². The highest BCUT2D eigenvalue weighted by atomic mass is 16.5. The summed E-state index contributed by atoms with van der Waals surface area (Å²) in [6, 6.07) is 14.8. The first-order chi connectivity index (χ1) is 15.5. The topological polar surface area (TPSA) is 64.1 Å². The number of aryl methyl sites for hydroxylation is 1. The maximum absolute atomic E-state index is 6.16. The number of nitrogens with one attached hydrogen (secondary N) is 2. The summed E-state index contributed by atoms with van der Waals surface area (Å²) in [5.74, 6) is 2.16. The van der Waals surface area contributed by atoms with Gasteiger partial charge < -0.3 is 24.8 Å². The van der Waals surface area contributed by atoms with Crippen LogP contribution in [0.3, 0.4) is 0 Å². The van der Waals surface area contributed by atoms with Crippen molar-refractivity contribution in [1.82, 2.24) is 10.6 Å². The summed E-state index contributed by atoms with van der Waals surface area (Å²) in [6.45, 7) is 10.5. The molecule has 0 saturated carbocycles. The number of ether oxygens (including phenoxy) is 3. The van der Waals surface area contributed by atoms with Gasteiger partial charge in [-0.1, -0.05) is 36.4 Å². The van der Waals surface area contributed by atoms with Crippen molar-refractivity contribution in [1.29, 1.82) is 0 Å². The van der Waals surface area contributed by atoms with E-state index in [1.165, 1.54) is 16.7 Å². The summed E-state index contributed by atoms with van der Waals surface area (Å²) in [5.41, 5.74) is 4.67. The zero-order valence-electron chi connectivity index (χ0n) is 19.8. The molecule has 1 fully saturated rings. The fourth-order valence-electron chi connectivity index (χ4n) is 3.54. The number of hydrogen-bond donors (Lipinski definition) is 2. The van der Waals surface area contributed by atoms with Gasteiger partial charge in [0.25, 0.3) is 0 Å². The molecule has 0 bridgehead atoms. The summed E-state index contributed by atoms with van der Waals surface area (Å²) >= 11 is 0. The molecule has 1 aliphatic rings. The third-order valence-electron chi connectivity index (χ3n) is 5.43. The molecular weight excluding hydrogens is 402 g/mol. The molecule has 0 aliphatic carbocycles. The molecule has 2 N–H and O–H groups in total. The Morgan fingerprint density at radius 1 is 1.12 bits per heavy atom. The highest BCUT2D eigenvalue weighted by molar-refractivity contribution is 5.79. The van der Waals surface area contributed by atoms with Crippen molar-refractivity contribution < 1.29 is 14.2 Å². The van der Waals surface area contributed by atoms with Crippen molar-refractivity contribution in [3.63, 3.8) is 0 Å². The van der Waals surface area contributed by atoms with Crippen LogP contribution in [0.4, 0.5) is 0 Å². The van der Waals surface area contributed by atoms with E-state index in [1.54, 1.807) is 7.05 Å². The molecule has 1 heterocycles. The third kappa shape index (κ3) is 7.84. The van der Waals surface area contributed by atoms with Crippen LogP contribution in [0, 0.1) is 12.8 Å². The summed E-state index contributed by atoms with van der Waals surface area (Å²) in [7, 11) is 1.79. The molecule has 1 unspecified atom stereocenters. The lowest BCUT2D eigenvalue weighted by Crippen LogP contribution is -2.36. The van der Waals surface area contributed by atoms with E-state index in [0.717, 1.165) is 36.9 Å². The minimum atomic E-state index is 0.224. The molecular formula is C26H37N3O3. The average Bonchev–Trinajstić information content (AvgIpc) is 3.31. The first-order valence-electron chi connectivity index (χ1n) is 11.5. The maximum Gasteiger partial charge on any atom is 0.191 e. The average molecular weight is 440 g/mol. The van der Waals surface area contributed by atoms with Gasteiger partial charge in [0.05, 0.1) is 25.9 Å². The lowest BCUT2D eigenvalue weighted by Gasteiger charge is -2.17. The van der Waals surface area contributed by atoms with Crippen molar-refractivity contribution >= 4 is 5.96 Å². The second kappa shape index (κ2) is 12.5. The van der Waals surface area contributed by atoms with Crippen LogP contribution in [-0.2, 0) is 29.2 Å². The number of nitrogens with zero attached hydrogens (tertiary/aromatic N) is 1. The Morgan fingerprint density at radius 2 is 1.94 bits per heavy atom. The quantitative estimate of drug-likeness (QED) is 0.429. The van der Waals surface area contributed by atoms with E-state index in [1.807, 2.05) is 0 Å². The molecule has 0 spiro atoms. The normalized spacial score (nSPS) is 16.4. The number of rotatable bonds is 10. The lowest BCUT2D eigenvalue weighted by atomic mass is 10.1. The fourth-order valence-corrected chi connectivity index (χ4v) is 3.54. The molecule has 174 valence electrons. The van der Waals surface area contributed by atoms with Crippen LogP contribution in [0.15, 0.2) is 47.5 Å². The number of aliphatic imine (C=N–C) groups is 1. The largest absolute Gasteiger partial charge is 0.493 e. The highest BCUT2D eigenvalue weighted by Crippen LogP contribution is 2.22. The van der Waals surface area contributed by atoms with Gasteiger partial charge in [-0.15, -0.1) is 0 Å². The smallest absolute Gasteiger partial charge is 0.191 e. The second-order valence-electron chi connectivity index (χ2n) is 8.61. The molecule has 2 aromatic rings. The zero-order chi connectivity index (χ0) is 22.8. The van der Waals surface area contributed by atoms with Crippen LogP contribution < -0.4 is 15.4 Å². The lowest BCUT2D eigenvalue weighted by molar-refractivity contribution is 0.0657. The van der Waals surface area contributed by atoms with Gasteiger partial charge in [0.1, 0.15) is 5.75 Å². The molecule has 0 aromatic heterocycles. The monoisotopic (exact) mass is 439 g/mol. The Morgan fingerprint density at radius 3 is 2.69 bits per heavy atom. The molecule has 1 saturated heterocycles. The predicted molar refractivity (Wildman–Crippen MR) is 129 cm³/mol. The molecule has 3 rings (SSSR count). The van der Waals surface area contributed by atoms with Gasteiger partial charge in [0, 0.05) is 38.2 Å². The van der Waals surface area contributed by atoms with Crippen LogP contribution in [0.5, 0.6) is 5.75 Å². The van der Waals surface area contributed by atoms with E-state index in [4.69, 9.17) is 14.2 Å². The Hall–Kier alpha value is -2.57. The van der Waals surface area contributed by atoms with Gasteiger partial charge in [-0.3, -0.25) is 4.99 Å². The number of benzene rings is 2.